The summed E-state index contributed by atoms with van der Waals surface area (Å²) in [6.07, 6.45) is 6.57. The minimum Gasteiger partial charge on any atom is -0.396 e. The van der Waals surface area contributed by atoms with Gasteiger partial charge < -0.3 is 15.1 Å². The van der Waals surface area contributed by atoms with Gasteiger partial charge in [-0.2, -0.15) is 0 Å². The second kappa shape index (κ2) is 5.48. The summed E-state index contributed by atoms with van der Waals surface area (Å²) in [5.74, 6) is 0.826. The van der Waals surface area contributed by atoms with E-state index in [-0.39, 0.29) is 5.41 Å². The van der Waals surface area contributed by atoms with Crippen molar-refractivity contribution >= 4 is 0 Å². The van der Waals surface area contributed by atoms with E-state index in [4.69, 9.17) is 0 Å². The highest BCUT2D eigenvalue weighted by Crippen LogP contribution is 2.39. The van der Waals surface area contributed by atoms with E-state index in [1.54, 1.807) is 0 Å². The van der Waals surface area contributed by atoms with Gasteiger partial charge in [-0.15, -0.1) is 0 Å². The lowest BCUT2D eigenvalue weighted by Gasteiger charge is -2.44. The molecule has 0 aromatic rings. The third kappa shape index (κ3) is 3.46. The summed E-state index contributed by atoms with van der Waals surface area (Å²) in [5.41, 5.74) is -0.334. The number of nitrogens with zero attached hydrogens (tertiary/aromatic N) is 1. The number of likely N-dealkylation sites (tertiary alicyclic amines) is 1. The van der Waals surface area contributed by atoms with Crippen molar-refractivity contribution in [3.8, 4) is 0 Å². The van der Waals surface area contributed by atoms with Crippen molar-refractivity contribution < 1.29 is 10.2 Å². The van der Waals surface area contributed by atoms with Crippen molar-refractivity contribution in [2.24, 2.45) is 11.3 Å². The van der Waals surface area contributed by atoms with E-state index in [9.17, 15) is 10.2 Å². The summed E-state index contributed by atoms with van der Waals surface area (Å²) < 4.78 is 0. The van der Waals surface area contributed by atoms with E-state index in [1.165, 1.54) is 12.8 Å². The van der Waals surface area contributed by atoms with Crippen molar-refractivity contribution in [2.75, 3.05) is 26.2 Å². The molecule has 3 heteroatoms. The molecule has 3 nitrogen and oxygen atoms in total. The Bertz CT molecular complexity index is 260. The van der Waals surface area contributed by atoms with Crippen LogP contribution in [-0.4, -0.2) is 47.0 Å². The van der Waals surface area contributed by atoms with Crippen LogP contribution in [-0.2, 0) is 0 Å². The van der Waals surface area contributed by atoms with Crippen LogP contribution in [0.5, 0.6) is 0 Å². The Morgan fingerprint density at radius 3 is 2.17 bits per heavy atom. The van der Waals surface area contributed by atoms with Gasteiger partial charge >= 0.3 is 0 Å². The van der Waals surface area contributed by atoms with Gasteiger partial charge in [0, 0.05) is 31.7 Å². The first-order valence-corrected chi connectivity index (χ1v) is 7.50. The first kappa shape index (κ1) is 14.3. The maximum atomic E-state index is 9.98. The van der Waals surface area contributed by atoms with Crippen molar-refractivity contribution in [1.29, 1.82) is 0 Å². The summed E-state index contributed by atoms with van der Waals surface area (Å²) in [5, 5.41) is 19.8. The molecule has 0 bridgehead atoms. The van der Waals surface area contributed by atoms with Gasteiger partial charge in [-0.1, -0.05) is 19.8 Å². The molecule has 0 aromatic carbocycles. The molecule has 2 fully saturated rings. The van der Waals surface area contributed by atoms with Crippen LogP contribution in [0.3, 0.4) is 0 Å². The van der Waals surface area contributed by atoms with Crippen LogP contribution < -0.4 is 0 Å². The van der Waals surface area contributed by atoms with Gasteiger partial charge in [0.25, 0.3) is 0 Å². The van der Waals surface area contributed by atoms with Crippen LogP contribution in [0, 0.1) is 11.3 Å². The summed E-state index contributed by atoms with van der Waals surface area (Å²) in [6.45, 7) is 7.56. The van der Waals surface area contributed by atoms with Gasteiger partial charge in [-0.3, -0.25) is 0 Å². The molecule has 2 rings (SSSR count). The molecule has 1 heterocycles. The predicted molar refractivity (Wildman–Crippen MR) is 73.4 cm³/mol. The molecule has 106 valence electrons. The van der Waals surface area contributed by atoms with E-state index >= 15 is 0 Å². The standard InChI is InChI=1S/C15H29NO2/c1-13-3-5-15(12-17,6-4-13)11-16-9-7-14(2,18)8-10-16/h13,17-18H,3-12H2,1-2H3. The highest BCUT2D eigenvalue weighted by Gasteiger charge is 2.37. The van der Waals surface area contributed by atoms with Crippen LogP contribution in [0.1, 0.15) is 52.4 Å². The Balaban J connectivity index is 1.87. The Kier molecular flexibility index (Phi) is 4.35. The van der Waals surface area contributed by atoms with E-state index in [2.05, 4.69) is 11.8 Å². The summed E-state index contributed by atoms with van der Waals surface area (Å²) in [6, 6.07) is 0. The smallest absolute Gasteiger partial charge is 0.0644 e. The third-order valence-corrected chi connectivity index (χ3v) is 5.16. The normalized spacial score (nSPS) is 37.7. The summed E-state index contributed by atoms with van der Waals surface area (Å²) in [7, 11) is 0. The van der Waals surface area contributed by atoms with Crippen LogP contribution in [0.2, 0.25) is 0 Å². The lowest BCUT2D eigenvalue weighted by Crippen LogP contribution is -2.48. The van der Waals surface area contributed by atoms with Gasteiger partial charge in [-0.25, -0.2) is 0 Å². The van der Waals surface area contributed by atoms with Crippen molar-refractivity contribution in [2.45, 2.75) is 58.0 Å². The quantitative estimate of drug-likeness (QED) is 0.811. The minimum absolute atomic E-state index is 0.135. The molecule has 0 radical (unpaired) electrons. The predicted octanol–water partition coefficient (Wildman–Crippen LogP) is 2.02. The van der Waals surface area contributed by atoms with Gasteiger partial charge in [0.05, 0.1) is 5.60 Å². The Morgan fingerprint density at radius 2 is 1.67 bits per heavy atom. The van der Waals surface area contributed by atoms with E-state index in [0.29, 0.717) is 6.61 Å². The van der Waals surface area contributed by atoms with E-state index in [0.717, 1.165) is 51.2 Å². The Hall–Kier alpha value is -0.120. The number of hydrogen-bond acceptors (Lipinski definition) is 3. The maximum Gasteiger partial charge on any atom is 0.0644 e. The lowest BCUT2D eigenvalue weighted by molar-refractivity contribution is -0.0318. The molecular formula is C15H29NO2. The molecule has 1 saturated heterocycles. The van der Waals surface area contributed by atoms with Crippen molar-refractivity contribution in [1.82, 2.24) is 4.90 Å². The monoisotopic (exact) mass is 255 g/mol. The van der Waals surface area contributed by atoms with Crippen LogP contribution >= 0.6 is 0 Å². The third-order valence-electron chi connectivity index (χ3n) is 5.16. The van der Waals surface area contributed by atoms with Gasteiger partial charge in [-0.05, 0) is 38.5 Å². The maximum absolute atomic E-state index is 9.98. The highest BCUT2D eigenvalue weighted by atomic mass is 16.3. The molecular weight excluding hydrogens is 226 g/mol. The molecule has 0 aromatic heterocycles. The van der Waals surface area contributed by atoms with Crippen LogP contribution in [0.15, 0.2) is 0 Å². The minimum atomic E-state index is -0.468. The molecule has 1 aliphatic carbocycles. The zero-order valence-electron chi connectivity index (χ0n) is 12.0. The number of piperidine rings is 1. The fraction of sp³-hybridized carbons (Fsp3) is 1.00. The molecule has 0 unspecified atom stereocenters. The van der Waals surface area contributed by atoms with Gasteiger partial charge in [0.15, 0.2) is 0 Å². The highest BCUT2D eigenvalue weighted by molar-refractivity contribution is 4.90. The molecule has 18 heavy (non-hydrogen) atoms. The number of rotatable bonds is 3. The molecule has 2 N–H and O–H groups in total. The first-order chi connectivity index (χ1) is 8.45. The molecule has 1 aliphatic heterocycles. The van der Waals surface area contributed by atoms with E-state index in [1.807, 2.05) is 6.92 Å². The SMILES string of the molecule is CC1CCC(CO)(CN2CCC(C)(O)CC2)CC1. The average molecular weight is 255 g/mol. The van der Waals surface area contributed by atoms with Crippen LogP contribution in [0.4, 0.5) is 0 Å². The zero-order valence-corrected chi connectivity index (χ0v) is 12.0. The Labute approximate surface area is 111 Å². The lowest BCUT2D eigenvalue weighted by atomic mass is 9.71. The molecule has 2 aliphatic rings. The molecule has 0 atom stereocenters. The zero-order chi connectivity index (χ0) is 13.2. The fourth-order valence-electron chi connectivity index (χ4n) is 3.41. The molecule has 0 spiro atoms. The molecule has 1 saturated carbocycles. The van der Waals surface area contributed by atoms with Gasteiger partial charge in [0.1, 0.15) is 0 Å². The molecule has 0 amide bonds. The van der Waals surface area contributed by atoms with Crippen molar-refractivity contribution in [3.63, 3.8) is 0 Å². The van der Waals surface area contributed by atoms with Crippen LogP contribution in [0.25, 0.3) is 0 Å². The topological polar surface area (TPSA) is 43.7 Å². The number of aliphatic hydroxyl groups is 2. The Morgan fingerprint density at radius 1 is 1.11 bits per heavy atom. The number of aliphatic hydroxyl groups excluding tert-OH is 1. The first-order valence-electron chi connectivity index (χ1n) is 7.50. The summed E-state index contributed by atoms with van der Waals surface area (Å²) in [4.78, 5) is 2.45. The van der Waals surface area contributed by atoms with E-state index < -0.39 is 5.60 Å². The summed E-state index contributed by atoms with van der Waals surface area (Å²) >= 11 is 0. The average Bonchev–Trinajstić information content (AvgIpc) is 2.35. The second-order valence-corrected chi connectivity index (χ2v) is 7.11. The number of hydrogen-bond donors (Lipinski definition) is 2. The van der Waals surface area contributed by atoms with Crippen molar-refractivity contribution in [3.05, 3.63) is 0 Å². The van der Waals surface area contributed by atoms with Gasteiger partial charge in [0.2, 0.25) is 0 Å². The largest absolute Gasteiger partial charge is 0.396 e. The fourth-order valence-corrected chi connectivity index (χ4v) is 3.41. The second-order valence-electron chi connectivity index (χ2n) is 7.11.